The third-order valence-electron chi connectivity index (χ3n) is 5.34. The summed E-state index contributed by atoms with van der Waals surface area (Å²) in [6.07, 6.45) is 4.00. The molecule has 0 saturated carbocycles. The number of benzene rings is 1. The van der Waals surface area contributed by atoms with Crippen molar-refractivity contribution in [1.29, 1.82) is 0 Å². The first-order valence-electron chi connectivity index (χ1n) is 9.65. The van der Waals surface area contributed by atoms with Gasteiger partial charge in [0.15, 0.2) is 0 Å². The lowest BCUT2D eigenvalue weighted by Gasteiger charge is -2.35. The van der Waals surface area contributed by atoms with Crippen molar-refractivity contribution in [3.63, 3.8) is 0 Å². The number of nitrogens with one attached hydrogen (secondary N) is 1. The van der Waals surface area contributed by atoms with Gasteiger partial charge in [-0.1, -0.05) is 23.7 Å². The SMILES string of the molecule is COc1ccc([C@@H](CNC(=O)Cc2c(C)noc2C)N2CCCCC2)cc1. The second-order valence-corrected chi connectivity index (χ2v) is 7.17. The third kappa shape index (κ3) is 4.89. The highest BCUT2D eigenvalue weighted by Crippen LogP contribution is 2.26. The highest BCUT2D eigenvalue weighted by atomic mass is 16.5. The van der Waals surface area contributed by atoms with Gasteiger partial charge in [0.05, 0.1) is 25.3 Å². The lowest BCUT2D eigenvalue weighted by Crippen LogP contribution is -2.41. The molecule has 146 valence electrons. The van der Waals surface area contributed by atoms with Crippen LogP contribution in [0.15, 0.2) is 28.8 Å². The molecule has 0 radical (unpaired) electrons. The molecular formula is C21H29N3O3. The number of aryl methyl sites for hydroxylation is 2. The molecule has 0 unspecified atom stereocenters. The maximum absolute atomic E-state index is 12.5. The van der Waals surface area contributed by atoms with E-state index in [0.717, 1.165) is 30.1 Å². The maximum atomic E-state index is 12.5. The molecule has 1 fully saturated rings. The van der Waals surface area contributed by atoms with Crippen molar-refractivity contribution < 1.29 is 14.1 Å². The van der Waals surface area contributed by atoms with E-state index < -0.39 is 0 Å². The Hall–Kier alpha value is -2.34. The molecule has 1 amide bonds. The van der Waals surface area contributed by atoms with Gasteiger partial charge in [0.2, 0.25) is 5.91 Å². The molecule has 1 atom stereocenters. The van der Waals surface area contributed by atoms with E-state index in [-0.39, 0.29) is 11.9 Å². The molecular weight excluding hydrogens is 342 g/mol. The second kappa shape index (κ2) is 9.04. The van der Waals surface area contributed by atoms with Crippen molar-refractivity contribution in [1.82, 2.24) is 15.4 Å². The van der Waals surface area contributed by atoms with Crippen molar-refractivity contribution in [2.45, 2.75) is 45.6 Å². The average molecular weight is 371 g/mol. The van der Waals surface area contributed by atoms with Crippen LogP contribution in [-0.4, -0.2) is 42.7 Å². The van der Waals surface area contributed by atoms with Crippen molar-refractivity contribution in [3.8, 4) is 5.75 Å². The van der Waals surface area contributed by atoms with Crippen LogP contribution < -0.4 is 10.1 Å². The first-order chi connectivity index (χ1) is 13.1. The molecule has 1 aliphatic heterocycles. The lowest BCUT2D eigenvalue weighted by molar-refractivity contribution is -0.120. The van der Waals surface area contributed by atoms with E-state index >= 15 is 0 Å². The molecule has 2 heterocycles. The summed E-state index contributed by atoms with van der Waals surface area (Å²) in [5.41, 5.74) is 2.87. The van der Waals surface area contributed by atoms with Gasteiger partial charge < -0.3 is 14.6 Å². The molecule has 1 aliphatic rings. The zero-order valence-corrected chi connectivity index (χ0v) is 16.5. The number of carbonyl (C=O) groups is 1. The number of amides is 1. The number of carbonyl (C=O) groups excluding carboxylic acids is 1. The van der Waals surface area contributed by atoms with E-state index in [4.69, 9.17) is 9.26 Å². The Morgan fingerprint density at radius 1 is 1.22 bits per heavy atom. The molecule has 27 heavy (non-hydrogen) atoms. The van der Waals surface area contributed by atoms with Crippen LogP contribution in [0.25, 0.3) is 0 Å². The summed E-state index contributed by atoms with van der Waals surface area (Å²) in [6.45, 7) is 6.44. The van der Waals surface area contributed by atoms with Gasteiger partial charge in [-0.05, 0) is 57.5 Å². The highest BCUT2D eigenvalue weighted by Gasteiger charge is 2.23. The predicted octanol–water partition coefficient (Wildman–Crippen LogP) is 3.19. The number of piperidine rings is 1. The standard InChI is InChI=1S/C21H29N3O3/c1-15-19(16(2)27-23-15)13-21(25)22-14-20(24-11-5-4-6-12-24)17-7-9-18(26-3)10-8-17/h7-10,20H,4-6,11-14H2,1-3H3,(H,22,25)/t20-/m1/s1. The molecule has 0 bridgehead atoms. The molecule has 0 aliphatic carbocycles. The van der Waals surface area contributed by atoms with E-state index in [2.05, 4.69) is 27.5 Å². The minimum absolute atomic E-state index is 0.0000730. The Labute approximate surface area is 160 Å². The van der Waals surface area contributed by atoms with Crippen LogP contribution in [0.2, 0.25) is 0 Å². The third-order valence-corrected chi connectivity index (χ3v) is 5.34. The Bertz CT molecular complexity index is 729. The molecule has 6 heteroatoms. The summed E-state index contributed by atoms with van der Waals surface area (Å²) in [5.74, 6) is 1.56. The van der Waals surface area contributed by atoms with Crippen molar-refractivity contribution in [2.75, 3.05) is 26.7 Å². The van der Waals surface area contributed by atoms with Gasteiger partial charge >= 0.3 is 0 Å². The minimum atomic E-state index is -0.0000730. The van der Waals surface area contributed by atoms with Crippen LogP contribution in [0.4, 0.5) is 0 Å². The monoisotopic (exact) mass is 371 g/mol. The zero-order chi connectivity index (χ0) is 19.2. The highest BCUT2D eigenvalue weighted by molar-refractivity contribution is 5.79. The Kier molecular flexibility index (Phi) is 6.50. The summed E-state index contributed by atoms with van der Waals surface area (Å²) < 4.78 is 10.4. The minimum Gasteiger partial charge on any atom is -0.497 e. The normalized spacial score (nSPS) is 16.1. The van der Waals surface area contributed by atoms with Gasteiger partial charge in [-0.3, -0.25) is 9.69 Å². The molecule has 0 spiro atoms. The van der Waals surface area contributed by atoms with Gasteiger partial charge in [0.25, 0.3) is 0 Å². The summed E-state index contributed by atoms with van der Waals surface area (Å²) >= 11 is 0. The first kappa shape index (κ1) is 19.4. The van der Waals surface area contributed by atoms with Gasteiger partial charge in [-0.25, -0.2) is 0 Å². The Balaban J connectivity index is 1.67. The smallest absolute Gasteiger partial charge is 0.224 e. The number of nitrogens with zero attached hydrogens (tertiary/aromatic N) is 2. The number of ether oxygens (including phenoxy) is 1. The molecule has 6 nitrogen and oxygen atoms in total. The zero-order valence-electron chi connectivity index (χ0n) is 16.5. The van der Waals surface area contributed by atoms with Crippen LogP contribution in [0.1, 0.15) is 47.9 Å². The molecule has 1 aromatic heterocycles. The first-order valence-corrected chi connectivity index (χ1v) is 9.65. The molecule has 1 aromatic carbocycles. The number of methoxy groups -OCH3 is 1. The summed E-state index contributed by atoms with van der Waals surface area (Å²) in [5, 5.41) is 7.05. The van der Waals surface area contributed by atoms with Crippen LogP contribution >= 0.6 is 0 Å². The fourth-order valence-electron chi connectivity index (χ4n) is 3.70. The number of rotatable bonds is 7. The molecule has 3 rings (SSSR count). The van der Waals surface area contributed by atoms with Crippen molar-refractivity contribution in [2.24, 2.45) is 0 Å². The van der Waals surface area contributed by atoms with E-state index in [1.807, 2.05) is 26.0 Å². The van der Waals surface area contributed by atoms with Gasteiger partial charge in [-0.15, -0.1) is 0 Å². The second-order valence-electron chi connectivity index (χ2n) is 7.17. The maximum Gasteiger partial charge on any atom is 0.224 e. The predicted molar refractivity (Wildman–Crippen MR) is 104 cm³/mol. The number of likely N-dealkylation sites (tertiary alicyclic amines) is 1. The van der Waals surface area contributed by atoms with E-state index in [1.165, 1.54) is 24.8 Å². The lowest BCUT2D eigenvalue weighted by atomic mass is 10.0. The molecule has 1 N–H and O–H groups in total. The number of hydrogen-bond donors (Lipinski definition) is 1. The summed E-state index contributed by atoms with van der Waals surface area (Å²) in [6, 6.07) is 8.33. The molecule has 2 aromatic rings. The fourth-order valence-corrected chi connectivity index (χ4v) is 3.70. The largest absolute Gasteiger partial charge is 0.497 e. The summed E-state index contributed by atoms with van der Waals surface area (Å²) in [7, 11) is 1.67. The average Bonchev–Trinajstić information content (AvgIpc) is 3.01. The topological polar surface area (TPSA) is 67.6 Å². The fraction of sp³-hybridized carbons (Fsp3) is 0.524. The Morgan fingerprint density at radius 2 is 1.93 bits per heavy atom. The van der Waals surface area contributed by atoms with E-state index in [0.29, 0.717) is 18.7 Å². The van der Waals surface area contributed by atoms with Crippen LogP contribution in [-0.2, 0) is 11.2 Å². The number of hydrogen-bond acceptors (Lipinski definition) is 5. The molecule has 1 saturated heterocycles. The van der Waals surface area contributed by atoms with E-state index in [9.17, 15) is 4.79 Å². The Morgan fingerprint density at radius 3 is 2.52 bits per heavy atom. The van der Waals surface area contributed by atoms with Crippen molar-refractivity contribution in [3.05, 3.63) is 46.8 Å². The quantitative estimate of drug-likeness (QED) is 0.810. The van der Waals surface area contributed by atoms with Gasteiger partial charge in [0, 0.05) is 12.1 Å². The van der Waals surface area contributed by atoms with Gasteiger partial charge in [-0.2, -0.15) is 0 Å². The van der Waals surface area contributed by atoms with Crippen LogP contribution in [0, 0.1) is 13.8 Å². The van der Waals surface area contributed by atoms with Crippen molar-refractivity contribution >= 4 is 5.91 Å². The van der Waals surface area contributed by atoms with E-state index in [1.54, 1.807) is 7.11 Å². The van der Waals surface area contributed by atoms with Gasteiger partial charge in [0.1, 0.15) is 11.5 Å². The van der Waals surface area contributed by atoms with Crippen LogP contribution in [0.5, 0.6) is 5.75 Å². The summed E-state index contributed by atoms with van der Waals surface area (Å²) in [4.78, 5) is 15.0. The number of aromatic nitrogens is 1. The van der Waals surface area contributed by atoms with Crippen LogP contribution in [0.3, 0.4) is 0 Å².